The van der Waals surface area contributed by atoms with Gasteiger partial charge >= 0.3 is 0 Å². The van der Waals surface area contributed by atoms with Gasteiger partial charge in [-0.2, -0.15) is 0 Å². The van der Waals surface area contributed by atoms with E-state index in [9.17, 15) is 10.1 Å². The first-order valence-electron chi connectivity index (χ1n) is 10.3. The smallest absolute Gasteiger partial charge is 0.296 e. The number of nitro groups is 1. The van der Waals surface area contributed by atoms with E-state index in [-0.39, 0.29) is 11.3 Å². The first kappa shape index (κ1) is 6.25. The number of nitro benzene ring substituents is 1. The van der Waals surface area contributed by atoms with Crippen LogP contribution in [0.4, 0.5) is 11.4 Å². The summed E-state index contributed by atoms with van der Waals surface area (Å²) in [6, 6.07) is 2.17. The van der Waals surface area contributed by atoms with Gasteiger partial charge in [-0.3, -0.25) is 10.1 Å². The lowest BCUT2D eigenvalue weighted by Gasteiger charge is -2.44. The Morgan fingerprint density at radius 3 is 2.32 bits per heavy atom. The summed E-state index contributed by atoms with van der Waals surface area (Å²) in [6.45, 7) is -5.99. The van der Waals surface area contributed by atoms with E-state index in [1.807, 2.05) is 0 Å². The lowest BCUT2D eigenvalue weighted by molar-refractivity contribution is -0.385. The van der Waals surface area contributed by atoms with Crippen molar-refractivity contribution < 1.29 is 17.3 Å². The van der Waals surface area contributed by atoms with Gasteiger partial charge in [0.1, 0.15) is 5.69 Å². The molecule has 0 aromatic heterocycles. The van der Waals surface area contributed by atoms with Gasteiger partial charge in [-0.25, -0.2) is 0 Å². The molecule has 0 radical (unpaired) electrons. The fourth-order valence-electron chi connectivity index (χ4n) is 2.74. The number of nitrogen functional groups attached to an aromatic ring is 1. The quantitative estimate of drug-likeness (QED) is 0.480. The van der Waals surface area contributed by atoms with Gasteiger partial charge in [-0.05, 0) is 22.5 Å². The number of fused-ring (bicyclic) bond motifs is 1. The van der Waals surface area contributed by atoms with Crippen LogP contribution in [-0.2, 0) is 10.8 Å². The van der Waals surface area contributed by atoms with Crippen LogP contribution in [0.3, 0.4) is 0 Å². The van der Waals surface area contributed by atoms with Gasteiger partial charge in [0.05, 0.1) is 4.92 Å². The van der Waals surface area contributed by atoms with E-state index < -0.39 is 53.0 Å². The number of nitrogens with zero attached hydrogens (tertiary/aromatic N) is 1. The van der Waals surface area contributed by atoms with E-state index in [0.717, 1.165) is 19.1 Å². The molecular formula is C15H22N2O2. The van der Waals surface area contributed by atoms with E-state index in [0.29, 0.717) is 0 Å². The van der Waals surface area contributed by atoms with Crippen molar-refractivity contribution in [3.05, 3.63) is 33.4 Å². The minimum atomic E-state index is -3.31. The van der Waals surface area contributed by atoms with Crippen LogP contribution in [0.5, 0.6) is 0 Å². The van der Waals surface area contributed by atoms with Crippen LogP contribution in [0.2, 0.25) is 0 Å². The van der Waals surface area contributed by atoms with Crippen molar-refractivity contribution in [2.24, 2.45) is 5.41 Å². The zero-order valence-corrected chi connectivity index (χ0v) is 11.0. The molecule has 2 rings (SSSR count). The van der Waals surface area contributed by atoms with Crippen molar-refractivity contribution in [2.45, 2.75) is 52.2 Å². The van der Waals surface area contributed by atoms with Crippen LogP contribution in [0.1, 0.15) is 64.8 Å². The molecule has 4 heteroatoms. The molecule has 0 fully saturated rings. The van der Waals surface area contributed by atoms with Crippen LogP contribution in [0.25, 0.3) is 0 Å². The van der Waals surface area contributed by atoms with Crippen LogP contribution >= 0.6 is 0 Å². The maximum absolute atomic E-state index is 11.7. The highest BCUT2D eigenvalue weighted by molar-refractivity contribution is 5.70. The molecule has 19 heavy (non-hydrogen) atoms. The lowest BCUT2D eigenvalue weighted by atomic mass is 9.59. The number of hydrogen-bond donors (Lipinski definition) is 1. The molecular weight excluding hydrogens is 240 g/mol. The van der Waals surface area contributed by atoms with E-state index in [1.54, 1.807) is 0 Å². The molecule has 2 N–H and O–H groups in total. The molecule has 0 saturated carbocycles. The number of hydrogen-bond acceptors (Lipinski definition) is 3. The summed E-state index contributed by atoms with van der Waals surface area (Å²) in [6.07, 6.45) is 0. The first-order valence-corrected chi connectivity index (χ1v) is 5.79. The minimum Gasteiger partial charge on any atom is -0.393 e. The van der Waals surface area contributed by atoms with Gasteiger partial charge in [-0.1, -0.05) is 47.4 Å². The van der Waals surface area contributed by atoms with E-state index in [4.69, 9.17) is 18.1 Å². The molecule has 0 spiro atoms. The van der Waals surface area contributed by atoms with Gasteiger partial charge in [0.25, 0.3) is 5.69 Å². The van der Waals surface area contributed by atoms with Crippen LogP contribution in [0, 0.1) is 15.5 Å². The molecule has 1 aliphatic rings. The molecule has 1 unspecified atom stereocenters. The summed E-state index contributed by atoms with van der Waals surface area (Å²) in [5.74, 6) is 0. The predicted molar refractivity (Wildman–Crippen MR) is 77.3 cm³/mol. The fraction of sp³-hybridized carbons (Fsp3) is 0.600. The van der Waals surface area contributed by atoms with E-state index in [2.05, 4.69) is 0 Å². The number of nitrogens with two attached hydrogens (primary N) is 1. The van der Waals surface area contributed by atoms with Crippen molar-refractivity contribution in [3.8, 4) is 0 Å². The summed E-state index contributed by atoms with van der Waals surface area (Å²) in [4.78, 5) is 10.9. The monoisotopic (exact) mass is 271 g/mol. The summed E-state index contributed by atoms with van der Waals surface area (Å²) in [7, 11) is 0. The van der Waals surface area contributed by atoms with Crippen molar-refractivity contribution in [1.29, 1.82) is 0 Å². The second-order valence-corrected chi connectivity index (χ2v) is 5.68. The third-order valence-corrected chi connectivity index (χ3v) is 4.42. The second-order valence-electron chi connectivity index (χ2n) is 5.68. The summed E-state index contributed by atoms with van der Waals surface area (Å²) in [5.41, 5.74) is -2.86. The molecule has 104 valence electrons. The van der Waals surface area contributed by atoms with Crippen molar-refractivity contribution in [2.75, 3.05) is 5.73 Å². The highest BCUT2D eigenvalue weighted by atomic mass is 16.6. The number of anilines is 1. The average Bonchev–Trinajstić information content (AvgIpc) is 2.60. The maximum Gasteiger partial charge on any atom is 0.296 e. The fourth-order valence-corrected chi connectivity index (χ4v) is 2.74. The third-order valence-electron chi connectivity index (χ3n) is 4.42. The molecule has 0 heterocycles. The molecule has 4 nitrogen and oxygen atoms in total. The highest BCUT2D eigenvalue weighted by Crippen LogP contribution is 2.63. The summed E-state index contributed by atoms with van der Waals surface area (Å²) in [5, 5.41) is 11.7. The summed E-state index contributed by atoms with van der Waals surface area (Å²) >= 11 is 0. The maximum atomic E-state index is 11.7. The van der Waals surface area contributed by atoms with Crippen molar-refractivity contribution >= 4 is 11.4 Å². The molecule has 1 aromatic carbocycles. The first-order chi connectivity index (χ1) is 12.2. The number of rotatable bonds is 1. The third kappa shape index (κ3) is 1.40. The topological polar surface area (TPSA) is 69.2 Å². The SMILES string of the molecule is [2H]C([2H])([2H])C1(C)C(C)(C)c2c(ccc(N)c2[N+](=O)[O-])C1(C([2H])([2H])[2H])C([2H])([2H])[2H]. The Balaban J connectivity index is 3.31. The van der Waals surface area contributed by atoms with E-state index in [1.165, 1.54) is 13.8 Å². The van der Waals surface area contributed by atoms with Gasteiger partial charge in [0.2, 0.25) is 0 Å². The van der Waals surface area contributed by atoms with Gasteiger partial charge in [0, 0.05) is 23.3 Å². The number of benzene rings is 1. The second kappa shape index (κ2) is 3.50. The largest absolute Gasteiger partial charge is 0.393 e. The molecule has 0 amide bonds. The van der Waals surface area contributed by atoms with E-state index >= 15 is 0 Å². The van der Waals surface area contributed by atoms with Crippen LogP contribution in [-0.4, -0.2) is 4.92 Å². The standard InChI is InChI=1S/C15H22N2O2/c1-13(2)9-7-8-10(16)12(17(18)19)11(9)14(3,4)15(13,5)6/h7-8H,16H2,1-6H3/i1D3,2D3,5D3. The molecule has 1 aliphatic carbocycles. The predicted octanol–water partition coefficient (Wildman–Crippen LogP) is 3.77. The average molecular weight is 271 g/mol. The minimum absolute atomic E-state index is 0.261. The Labute approximate surface area is 126 Å². The molecule has 1 atom stereocenters. The molecule has 0 aliphatic heterocycles. The lowest BCUT2D eigenvalue weighted by Crippen LogP contribution is -2.42. The Hall–Kier alpha value is -1.58. The Kier molecular flexibility index (Phi) is 1.15. The van der Waals surface area contributed by atoms with Gasteiger partial charge < -0.3 is 5.73 Å². The Morgan fingerprint density at radius 1 is 1.21 bits per heavy atom. The van der Waals surface area contributed by atoms with Crippen LogP contribution < -0.4 is 5.73 Å². The van der Waals surface area contributed by atoms with Crippen LogP contribution in [0.15, 0.2) is 12.1 Å². The molecule has 0 bridgehead atoms. The normalized spacial score (nSPS) is 36.1. The van der Waals surface area contributed by atoms with Crippen molar-refractivity contribution in [3.63, 3.8) is 0 Å². The zero-order valence-electron chi connectivity index (χ0n) is 20.0. The zero-order chi connectivity index (χ0) is 22.3. The molecule has 0 saturated heterocycles. The summed E-state index contributed by atoms with van der Waals surface area (Å²) < 4.78 is 73.2. The Bertz CT molecular complexity index is 826. The Morgan fingerprint density at radius 2 is 1.84 bits per heavy atom. The molecule has 1 aromatic rings. The van der Waals surface area contributed by atoms with Crippen molar-refractivity contribution in [1.82, 2.24) is 0 Å². The van der Waals surface area contributed by atoms with Gasteiger partial charge in [-0.15, -0.1) is 0 Å². The van der Waals surface area contributed by atoms with Gasteiger partial charge in [0.15, 0.2) is 0 Å². The highest BCUT2D eigenvalue weighted by Gasteiger charge is 2.59.